The van der Waals surface area contributed by atoms with Crippen molar-refractivity contribution >= 4 is 11.3 Å². The van der Waals surface area contributed by atoms with Gasteiger partial charge in [-0.05, 0) is 56.9 Å². The van der Waals surface area contributed by atoms with Crippen molar-refractivity contribution < 1.29 is 0 Å². The molecule has 1 heterocycles. The highest BCUT2D eigenvalue weighted by Crippen LogP contribution is 2.20. The summed E-state index contributed by atoms with van der Waals surface area (Å²) in [5, 5.41) is 3.64. The molecule has 2 rings (SSSR count). The van der Waals surface area contributed by atoms with Crippen LogP contribution in [-0.4, -0.2) is 6.04 Å². The Balaban J connectivity index is 1.90. The number of rotatable bonds is 5. The van der Waals surface area contributed by atoms with E-state index in [0.29, 0.717) is 6.04 Å². The highest BCUT2D eigenvalue weighted by Gasteiger charge is 2.07. The lowest BCUT2D eigenvalue weighted by Crippen LogP contribution is -2.27. The van der Waals surface area contributed by atoms with Gasteiger partial charge in [-0.3, -0.25) is 0 Å². The molecule has 0 radical (unpaired) electrons. The lowest BCUT2D eigenvalue weighted by Gasteiger charge is -2.15. The molecule has 1 unspecified atom stereocenters. The fourth-order valence-corrected chi connectivity index (χ4v) is 3.33. The van der Waals surface area contributed by atoms with Gasteiger partial charge in [0.1, 0.15) is 0 Å². The van der Waals surface area contributed by atoms with Gasteiger partial charge in [0, 0.05) is 22.3 Å². The van der Waals surface area contributed by atoms with E-state index in [1.807, 2.05) is 11.3 Å². The van der Waals surface area contributed by atoms with Gasteiger partial charge in [-0.1, -0.05) is 24.3 Å². The Kier molecular flexibility index (Phi) is 4.78. The fourth-order valence-electron chi connectivity index (χ4n) is 2.38. The standard InChI is InChI=1S/C17H23NS/c1-12-7-5-6-8-16(12)9-13(2)18-11-17-10-14(3)19-15(17)4/h5-8,10,13,18H,9,11H2,1-4H3. The first kappa shape index (κ1) is 14.3. The minimum absolute atomic E-state index is 0.501. The van der Waals surface area contributed by atoms with Gasteiger partial charge < -0.3 is 5.32 Å². The predicted octanol–water partition coefficient (Wildman–Crippen LogP) is 4.39. The third-order valence-corrected chi connectivity index (χ3v) is 4.58. The number of nitrogens with one attached hydrogen (secondary N) is 1. The molecule has 1 atom stereocenters. The van der Waals surface area contributed by atoms with Crippen LogP contribution in [0, 0.1) is 20.8 Å². The zero-order valence-electron chi connectivity index (χ0n) is 12.3. The highest BCUT2D eigenvalue weighted by molar-refractivity contribution is 7.12. The molecule has 19 heavy (non-hydrogen) atoms. The van der Waals surface area contributed by atoms with Crippen LogP contribution < -0.4 is 5.32 Å². The topological polar surface area (TPSA) is 12.0 Å². The second-order valence-corrected chi connectivity index (χ2v) is 6.81. The van der Waals surface area contributed by atoms with Crippen molar-refractivity contribution in [1.82, 2.24) is 5.32 Å². The third kappa shape index (κ3) is 3.92. The van der Waals surface area contributed by atoms with Crippen LogP contribution in [0.25, 0.3) is 0 Å². The van der Waals surface area contributed by atoms with Gasteiger partial charge in [-0.2, -0.15) is 0 Å². The average molecular weight is 273 g/mol. The largest absolute Gasteiger partial charge is 0.310 e. The molecule has 1 aromatic carbocycles. The molecule has 0 spiro atoms. The fraction of sp³-hybridized carbons (Fsp3) is 0.412. The average Bonchev–Trinajstić information content (AvgIpc) is 2.68. The SMILES string of the molecule is Cc1cc(CNC(C)Cc2ccccc2C)c(C)s1. The molecular weight excluding hydrogens is 250 g/mol. The van der Waals surface area contributed by atoms with E-state index in [4.69, 9.17) is 0 Å². The van der Waals surface area contributed by atoms with E-state index in [1.165, 1.54) is 26.4 Å². The number of hydrogen-bond acceptors (Lipinski definition) is 2. The zero-order chi connectivity index (χ0) is 13.8. The van der Waals surface area contributed by atoms with Crippen LogP contribution >= 0.6 is 11.3 Å². The van der Waals surface area contributed by atoms with E-state index in [0.717, 1.165) is 13.0 Å². The quantitative estimate of drug-likeness (QED) is 0.851. The van der Waals surface area contributed by atoms with E-state index in [2.05, 4.69) is 63.3 Å². The maximum absolute atomic E-state index is 3.64. The Morgan fingerprint density at radius 1 is 1.11 bits per heavy atom. The Bertz CT molecular complexity index is 542. The summed E-state index contributed by atoms with van der Waals surface area (Å²) in [6, 6.07) is 11.5. The minimum atomic E-state index is 0.501. The monoisotopic (exact) mass is 273 g/mol. The molecule has 0 bridgehead atoms. The van der Waals surface area contributed by atoms with Crippen LogP contribution in [0.4, 0.5) is 0 Å². The van der Waals surface area contributed by atoms with Gasteiger partial charge in [-0.15, -0.1) is 11.3 Å². The summed E-state index contributed by atoms with van der Waals surface area (Å²) in [5.74, 6) is 0. The first-order valence-electron chi connectivity index (χ1n) is 6.90. The third-order valence-electron chi connectivity index (χ3n) is 3.57. The van der Waals surface area contributed by atoms with Crippen molar-refractivity contribution in [2.45, 2.75) is 46.7 Å². The maximum atomic E-state index is 3.64. The van der Waals surface area contributed by atoms with E-state index in [-0.39, 0.29) is 0 Å². The van der Waals surface area contributed by atoms with Crippen molar-refractivity contribution in [3.05, 3.63) is 56.8 Å². The van der Waals surface area contributed by atoms with Crippen LogP contribution in [0.3, 0.4) is 0 Å². The van der Waals surface area contributed by atoms with Gasteiger partial charge in [0.2, 0.25) is 0 Å². The Hall–Kier alpha value is -1.12. The molecule has 2 heteroatoms. The first-order chi connectivity index (χ1) is 9.06. The lowest BCUT2D eigenvalue weighted by molar-refractivity contribution is 0.544. The Morgan fingerprint density at radius 3 is 2.47 bits per heavy atom. The van der Waals surface area contributed by atoms with Crippen LogP contribution in [0.5, 0.6) is 0 Å². The molecule has 0 saturated carbocycles. The molecule has 0 saturated heterocycles. The first-order valence-corrected chi connectivity index (χ1v) is 7.71. The van der Waals surface area contributed by atoms with Crippen molar-refractivity contribution in [1.29, 1.82) is 0 Å². The zero-order valence-corrected chi connectivity index (χ0v) is 13.1. The molecule has 2 aromatic rings. The molecular formula is C17H23NS. The summed E-state index contributed by atoms with van der Waals surface area (Å²) in [7, 11) is 0. The van der Waals surface area contributed by atoms with E-state index >= 15 is 0 Å². The van der Waals surface area contributed by atoms with Crippen molar-refractivity contribution in [2.24, 2.45) is 0 Å². The predicted molar refractivity (Wildman–Crippen MR) is 85.0 cm³/mol. The number of benzene rings is 1. The number of hydrogen-bond donors (Lipinski definition) is 1. The van der Waals surface area contributed by atoms with Crippen molar-refractivity contribution in [3.63, 3.8) is 0 Å². The van der Waals surface area contributed by atoms with Gasteiger partial charge in [0.15, 0.2) is 0 Å². The van der Waals surface area contributed by atoms with E-state index in [1.54, 1.807) is 0 Å². The second-order valence-electron chi connectivity index (χ2n) is 5.35. The smallest absolute Gasteiger partial charge is 0.0219 e. The molecule has 102 valence electrons. The van der Waals surface area contributed by atoms with Gasteiger partial charge in [-0.25, -0.2) is 0 Å². The lowest BCUT2D eigenvalue weighted by atomic mass is 10.0. The van der Waals surface area contributed by atoms with Crippen LogP contribution in [0.1, 0.15) is 33.4 Å². The van der Waals surface area contributed by atoms with Crippen LogP contribution in [0.2, 0.25) is 0 Å². The molecule has 0 fully saturated rings. The van der Waals surface area contributed by atoms with Gasteiger partial charge in [0.25, 0.3) is 0 Å². The van der Waals surface area contributed by atoms with Crippen molar-refractivity contribution in [2.75, 3.05) is 0 Å². The summed E-state index contributed by atoms with van der Waals surface area (Å²) in [5.41, 5.74) is 4.28. The second kappa shape index (κ2) is 6.36. The van der Waals surface area contributed by atoms with Crippen LogP contribution in [0.15, 0.2) is 30.3 Å². The minimum Gasteiger partial charge on any atom is -0.310 e. The highest BCUT2D eigenvalue weighted by atomic mass is 32.1. The van der Waals surface area contributed by atoms with E-state index < -0.39 is 0 Å². The molecule has 0 amide bonds. The molecule has 1 N–H and O–H groups in total. The maximum Gasteiger partial charge on any atom is 0.0219 e. The normalized spacial score (nSPS) is 12.6. The van der Waals surface area contributed by atoms with Gasteiger partial charge >= 0.3 is 0 Å². The summed E-state index contributed by atoms with van der Waals surface area (Å²) in [4.78, 5) is 2.84. The summed E-state index contributed by atoms with van der Waals surface area (Å²) in [6.45, 7) is 9.82. The molecule has 0 aliphatic heterocycles. The summed E-state index contributed by atoms with van der Waals surface area (Å²) < 4.78 is 0. The number of aryl methyl sites for hydroxylation is 3. The van der Waals surface area contributed by atoms with Crippen molar-refractivity contribution in [3.8, 4) is 0 Å². The number of thiophene rings is 1. The molecule has 0 aliphatic carbocycles. The Morgan fingerprint density at radius 2 is 1.84 bits per heavy atom. The molecule has 1 nitrogen and oxygen atoms in total. The molecule has 1 aromatic heterocycles. The van der Waals surface area contributed by atoms with Crippen LogP contribution in [-0.2, 0) is 13.0 Å². The summed E-state index contributed by atoms with van der Waals surface area (Å²) in [6.07, 6.45) is 1.09. The summed E-state index contributed by atoms with van der Waals surface area (Å²) >= 11 is 1.89. The molecule has 0 aliphatic rings. The van der Waals surface area contributed by atoms with Gasteiger partial charge in [0.05, 0.1) is 0 Å². The Labute approximate surface area is 120 Å². The van der Waals surface area contributed by atoms with E-state index in [9.17, 15) is 0 Å².